The van der Waals surface area contributed by atoms with Crippen molar-refractivity contribution in [2.45, 2.75) is 6.92 Å². The van der Waals surface area contributed by atoms with E-state index in [1.54, 1.807) is 19.5 Å². The molecule has 3 nitrogen and oxygen atoms in total. The van der Waals surface area contributed by atoms with Gasteiger partial charge in [-0.15, -0.1) is 0 Å². The predicted octanol–water partition coefficient (Wildman–Crippen LogP) is 3.15. The molecular weight excluding hydrogens is 212 g/mol. The molecule has 1 heterocycles. The predicted molar refractivity (Wildman–Crippen MR) is 69.2 cm³/mol. The summed E-state index contributed by atoms with van der Waals surface area (Å²) in [5, 5.41) is 0. The van der Waals surface area contributed by atoms with Crippen LogP contribution in [0.4, 0.5) is 5.69 Å². The van der Waals surface area contributed by atoms with Crippen LogP contribution >= 0.6 is 0 Å². The monoisotopic (exact) mass is 226 g/mol. The maximum absolute atomic E-state index is 5.28. The minimum Gasteiger partial charge on any atom is -0.494 e. The molecule has 0 bridgehead atoms. The van der Waals surface area contributed by atoms with Gasteiger partial charge in [-0.05, 0) is 30.7 Å². The van der Waals surface area contributed by atoms with Crippen molar-refractivity contribution >= 4 is 11.9 Å². The molecule has 0 radical (unpaired) electrons. The number of methoxy groups -OCH3 is 1. The second kappa shape index (κ2) is 5.25. The SMILES string of the molecule is COc1cccc(C)c1N=Cc1ccccn1. The highest BCUT2D eigenvalue weighted by Crippen LogP contribution is 2.30. The summed E-state index contributed by atoms with van der Waals surface area (Å²) >= 11 is 0. The molecule has 0 unspecified atom stereocenters. The van der Waals surface area contributed by atoms with E-state index in [1.165, 1.54) is 0 Å². The molecule has 0 spiro atoms. The van der Waals surface area contributed by atoms with Gasteiger partial charge in [-0.1, -0.05) is 18.2 Å². The summed E-state index contributed by atoms with van der Waals surface area (Å²) in [5.74, 6) is 0.775. The first kappa shape index (κ1) is 11.3. The lowest BCUT2D eigenvalue weighted by Crippen LogP contribution is -1.88. The molecule has 0 saturated heterocycles. The molecule has 3 heteroatoms. The van der Waals surface area contributed by atoms with Crippen molar-refractivity contribution in [1.29, 1.82) is 0 Å². The van der Waals surface area contributed by atoms with Crippen LogP contribution in [0.1, 0.15) is 11.3 Å². The lowest BCUT2D eigenvalue weighted by molar-refractivity contribution is 0.416. The number of pyridine rings is 1. The summed E-state index contributed by atoms with van der Waals surface area (Å²) in [4.78, 5) is 8.62. The summed E-state index contributed by atoms with van der Waals surface area (Å²) in [6, 6.07) is 11.6. The first-order valence-corrected chi connectivity index (χ1v) is 5.40. The van der Waals surface area contributed by atoms with Gasteiger partial charge in [0.2, 0.25) is 0 Å². The van der Waals surface area contributed by atoms with E-state index < -0.39 is 0 Å². The van der Waals surface area contributed by atoms with Crippen LogP contribution in [0.25, 0.3) is 0 Å². The van der Waals surface area contributed by atoms with Gasteiger partial charge in [-0.2, -0.15) is 0 Å². The minimum absolute atomic E-state index is 0.775. The second-order valence-corrected chi connectivity index (χ2v) is 3.64. The largest absolute Gasteiger partial charge is 0.494 e. The Labute approximate surface area is 101 Å². The van der Waals surface area contributed by atoms with Crippen LogP contribution < -0.4 is 4.74 Å². The summed E-state index contributed by atoms with van der Waals surface area (Å²) < 4.78 is 5.28. The van der Waals surface area contributed by atoms with E-state index in [9.17, 15) is 0 Å². The second-order valence-electron chi connectivity index (χ2n) is 3.64. The molecule has 0 saturated carbocycles. The van der Waals surface area contributed by atoms with E-state index in [2.05, 4.69) is 9.98 Å². The number of aromatic nitrogens is 1. The molecule has 1 aromatic carbocycles. The molecule has 0 aliphatic carbocycles. The number of para-hydroxylation sites is 1. The Bertz CT molecular complexity index is 521. The van der Waals surface area contributed by atoms with Crippen molar-refractivity contribution in [3.8, 4) is 5.75 Å². The molecule has 1 aromatic heterocycles. The Hall–Kier alpha value is -2.16. The molecule has 86 valence electrons. The fraction of sp³-hybridized carbons (Fsp3) is 0.143. The van der Waals surface area contributed by atoms with Crippen molar-refractivity contribution in [3.63, 3.8) is 0 Å². The van der Waals surface area contributed by atoms with E-state index in [-0.39, 0.29) is 0 Å². The Morgan fingerprint density at radius 2 is 2.06 bits per heavy atom. The zero-order chi connectivity index (χ0) is 12.1. The van der Waals surface area contributed by atoms with Crippen LogP contribution in [-0.2, 0) is 0 Å². The zero-order valence-corrected chi connectivity index (χ0v) is 9.92. The van der Waals surface area contributed by atoms with Crippen molar-refractivity contribution in [3.05, 3.63) is 53.9 Å². The van der Waals surface area contributed by atoms with Crippen LogP contribution in [0.3, 0.4) is 0 Å². The van der Waals surface area contributed by atoms with Gasteiger partial charge >= 0.3 is 0 Å². The average Bonchev–Trinajstić information content (AvgIpc) is 2.38. The van der Waals surface area contributed by atoms with Crippen molar-refractivity contribution in [2.24, 2.45) is 4.99 Å². The Kier molecular flexibility index (Phi) is 3.50. The highest BCUT2D eigenvalue weighted by molar-refractivity contribution is 5.81. The van der Waals surface area contributed by atoms with E-state index in [0.717, 1.165) is 22.7 Å². The van der Waals surface area contributed by atoms with Gasteiger partial charge in [0.15, 0.2) is 0 Å². The fourth-order valence-corrected chi connectivity index (χ4v) is 1.55. The van der Waals surface area contributed by atoms with Gasteiger partial charge in [0.25, 0.3) is 0 Å². The van der Waals surface area contributed by atoms with Gasteiger partial charge in [0.1, 0.15) is 11.4 Å². The zero-order valence-electron chi connectivity index (χ0n) is 9.92. The quantitative estimate of drug-likeness (QED) is 0.753. The van der Waals surface area contributed by atoms with E-state index in [4.69, 9.17) is 4.74 Å². The number of ether oxygens (including phenoxy) is 1. The Balaban J connectivity index is 2.33. The smallest absolute Gasteiger partial charge is 0.144 e. The third-order valence-electron chi connectivity index (χ3n) is 2.43. The Morgan fingerprint density at radius 3 is 2.76 bits per heavy atom. The number of nitrogens with zero attached hydrogens (tertiary/aromatic N) is 2. The number of rotatable bonds is 3. The molecule has 0 atom stereocenters. The first-order valence-electron chi connectivity index (χ1n) is 5.40. The standard InChI is InChI=1S/C14H14N2O/c1-11-6-5-8-13(17-2)14(11)16-10-12-7-3-4-9-15-12/h3-10H,1-2H3. The number of benzene rings is 1. The third kappa shape index (κ3) is 2.69. The molecule has 0 N–H and O–H groups in total. The maximum atomic E-state index is 5.28. The molecule has 2 aromatic rings. The first-order chi connectivity index (χ1) is 8.31. The van der Waals surface area contributed by atoms with Crippen molar-refractivity contribution in [1.82, 2.24) is 4.98 Å². The van der Waals surface area contributed by atoms with Crippen molar-refractivity contribution in [2.75, 3.05) is 7.11 Å². The van der Waals surface area contributed by atoms with Crippen LogP contribution in [0.2, 0.25) is 0 Å². The van der Waals surface area contributed by atoms with E-state index in [0.29, 0.717) is 0 Å². The maximum Gasteiger partial charge on any atom is 0.144 e. The molecular formula is C14H14N2O. The van der Waals surface area contributed by atoms with Crippen LogP contribution in [-0.4, -0.2) is 18.3 Å². The van der Waals surface area contributed by atoms with E-state index >= 15 is 0 Å². The fourth-order valence-electron chi connectivity index (χ4n) is 1.55. The van der Waals surface area contributed by atoms with Crippen molar-refractivity contribution < 1.29 is 4.74 Å². The highest BCUT2D eigenvalue weighted by Gasteiger charge is 2.03. The minimum atomic E-state index is 0.775. The van der Waals surface area contributed by atoms with Gasteiger partial charge in [0, 0.05) is 6.20 Å². The lowest BCUT2D eigenvalue weighted by atomic mass is 10.2. The molecule has 17 heavy (non-hydrogen) atoms. The van der Waals surface area contributed by atoms with Gasteiger partial charge < -0.3 is 4.74 Å². The number of hydrogen-bond donors (Lipinski definition) is 0. The highest BCUT2D eigenvalue weighted by atomic mass is 16.5. The molecule has 0 amide bonds. The lowest BCUT2D eigenvalue weighted by Gasteiger charge is -2.06. The molecule has 2 rings (SSSR count). The van der Waals surface area contributed by atoms with Gasteiger partial charge in [0.05, 0.1) is 19.0 Å². The molecule has 0 aliphatic heterocycles. The van der Waals surface area contributed by atoms with Crippen LogP contribution in [0, 0.1) is 6.92 Å². The normalized spacial score (nSPS) is 10.7. The number of hydrogen-bond acceptors (Lipinski definition) is 3. The Morgan fingerprint density at radius 1 is 1.18 bits per heavy atom. The molecule has 0 aliphatic rings. The summed E-state index contributed by atoms with van der Waals surface area (Å²) in [5.41, 5.74) is 2.76. The summed E-state index contributed by atoms with van der Waals surface area (Å²) in [7, 11) is 1.65. The number of aryl methyl sites for hydroxylation is 1. The van der Waals surface area contributed by atoms with Gasteiger partial charge in [-0.25, -0.2) is 0 Å². The van der Waals surface area contributed by atoms with Gasteiger partial charge in [-0.3, -0.25) is 9.98 Å². The van der Waals surface area contributed by atoms with Crippen LogP contribution in [0.5, 0.6) is 5.75 Å². The number of aliphatic imine (C=N–C) groups is 1. The average molecular weight is 226 g/mol. The summed E-state index contributed by atoms with van der Waals surface area (Å²) in [6.07, 6.45) is 3.49. The van der Waals surface area contributed by atoms with E-state index in [1.807, 2.05) is 43.3 Å². The third-order valence-corrected chi connectivity index (χ3v) is 2.43. The van der Waals surface area contributed by atoms with Crippen LogP contribution in [0.15, 0.2) is 47.6 Å². The topological polar surface area (TPSA) is 34.5 Å². The summed E-state index contributed by atoms with van der Waals surface area (Å²) in [6.45, 7) is 2.01. The molecule has 0 fully saturated rings.